The minimum atomic E-state index is -3.86. The molecule has 1 N–H and O–H groups in total. The molecule has 3 aromatic carbocycles. The standard InChI is InChI=1S/C24H21FN2O4S/c25-18-8-11-20(12-9-18)32(29,30)27-13-3-5-16-7-10-19(15-21(16)27)26-24(28)23-14-17-4-1-2-6-22(17)31-23/h1-2,4,6-12,15,23H,3,5,13-14H2,(H,26,28). The van der Waals surface area contributed by atoms with Gasteiger partial charge in [-0.1, -0.05) is 24.3 Å². The highest BCUT2D eigenvalue weighted by molar-refractivity contribution is 7.92. The van der Waals surface area contributed by atoms with Crippen LogP contribution in [-0.2, 0) is 27.7 Å². The smallest absolute Gasteiger partial charge is 0.265 e. The topological polar surface area (TPSA) is 75.7 Å². The van der Waals surface area contributed by atoms with Gasteiger partial charge in [0, 0.05) is 18.7 Å². The second-order valence-electron chi connectivity index (χ2n) is 7.89. The number of hydrogen-bond acceptors (Lipinski definition) is 4. The van der Waals surface area contributed by atoms with Gasteiger partial charge in [-0.15, -0.1) is 0 Å². The van der Waals surface area contributed by atoms with Gasteiger partial charge in [-0.2, -0.15) is 0 Å². The van der Waals surface area contributed by atoms with Gasteiger partial charge in [-0.05, 0) is 66.4 Å². The number of rotatable bonds is 4. The van der Waals surface area contributed by atoms with Gasteiger partial charge in [0.2, 0.25) is 0 Å². The highest BCUT2D eigenvalue weighted by Crippen LogP contribution is 2.35. The van der Waals surface area contributed by atoms with E-state index >= 15 is 0 Å². The van der Waals surface area contributed by atoms with E-state index in [1.54, 1.807) is 12.1 Å². The van der Waals surface area contributed by atoms with Crippen LogP contribution in [0.5, 0.6) is 5.75 Å². The molecule has 0 saturated heterocycles. The number of ether oxygens (including phenoxy) is 1. The third-order valence-corrected chi connectivity index (χ3v) is 7.60. The number of benzene rings is 3. The van der Waals surface area contributed by atoms with Crippen molar-refractivity contribution in [2.75, 3.05) is 16.2 Å². The second-order valence-corrected chi connectivity index (χ2v) is 9.75. The summed E-state index contributed by atoms with van der Waals surface area (Å²) in [4.78, 5) is 12.8. The average Bonchev–Trinajstić information content (AvgIpc) is 3.23. The highest BCUT2D eigenvalue weighted by atomic mass is 32.2. The molecular formula is C24H21FN2O4S. The summed E-state index contributed by atoms with van der Waals surface area (Å²) in [6.07, 6.45) is 1.26. The molecule has 3 aromatic rings. The fourth-order valence-electron chi connectivity index (χ4n) is 4.15. The zero-order valence-corrected chi connectivity index (χ0v) is 17.9. The van der Waals surface area contributed by atoms with Crippen LogP contribution in [0.3, 0.4) is 0 Å². The molecule has 0 saturated carbocycles. The number of hydrogen-bond donors (Lipinski definition) is 1. The van der Waals surface area contributed by atoms with Crippen LogP contribution < -0.4 is 14.4 Å². The van der Waals surface area contributed by atoms with Crippen LogP contribution in [0.1, 0.15) is 17.5 Å². The van der Waals surface area contributed by atoms with E-state index in [9.17, 15) is 17.6 Å². The van der Waals surface area contributed by atoms with Gasteiger partial charge >= 0.3 is 0 Å². The van der Waals surface area contributed by atoms with Crippen LogP contribution >= 0.6 is 0 Å². The van der Waals surface area contributed by atoms with Crippen LogP contribution in [0, 0.1) is 5.82 Å². The van der Waals surface area contributed by atoms with Crippen LogP contribution in [0.15, 0.2) is 71.6 Å². The monoisotopic (exact) mass is 452 g/mol. The number of nitrogens with one attached hydrogen (secondary N) is 1. The molecule has 0 spiro atoms. The summed E-state index contributed by atoms with van der Waals surface area (Å²) in [6.45, 7) is 0.311. The number of anilines is 2. The zero-order chi connectivity index (χ0) is 22.3. The molecule has 1 amide bonds. The fraction of sp³-hybridized carbons (Fsp3) is 0.208. The van der Waals surface area contributed by atoms with Gasteiger partial charge in [0.1, 0.15) is 11.6 Å². The highest BCUT2D eigenvalue weighted by Gasteiger charge is 2.31. The average molecular weight is 453 g/mol. The number of carbonyl (C=O) groups excluding carboxylic acids is 1. The van der Waals surface area contributed by atoms with E-state index in [2.05, 4.69) is 5.32 Å². The van der Waals surface area contributed by atoms with Gasteiger partial charge in [0.15, 0.2) is 6.10 Å². The molecule has 2 heterocycles. The lowest BCUT2D eigenvalue weighted by molar-refractivity contribution is -0.122. The SMILES string of the molecule is O=C(Nc1ccc2c(c1)N(S(=O)(=O)c1ccc(F)cc1)CCC2)C1Cc2ccccc2O1. The quantitative estimate of drug-likeness (QED) is 0.651. The van der Waals surface area contributed by atoms with Crippen molar-refractivity contribution in [1.82, 2.24) is 0 Å². The minimum absolute atomic E-state index is 0.0262. The summed E-state index contributed by atoms with van der Waals surface area (Å²) >= 11 is 0. The summed E-state index contributed by atoms with van der Waals surface area (Å²) in [7, 11) is -3.86. The van der Waals surface area contributed by atoms with Crippen molar-refractivity contribution in [3.05, 3.63) is 83.7 Å². The van der Waals surface area contributed by atoms with E-state index in [0.717, 1.165) is 29.7 Å². The van der Waals surface area contributed by atoms with E-state index in [4.69, 9.17) is 4.74 Å². The molecule has 0 aliphatic carbocycles. The number of sulfonamides is 1. The first-order valence-corrected chi connectivity index (χ1v) is 11.8. The second kappa shape index (κ2) is 7.94. The lowest BCUT2D eigenvalue weighted by Gasteiger charge is -2.31. The number of halogens is 1. The Bertz CT molecular complexity index is 1270. The molecule has 1 atom stereocenters. The van der Waals surface area contributed by atoms with Crippen molar-refractivity contribution in [3.8, 4) is 5.75 Å². The zero-order valence-electron chi connectivity index (χ0n) is 17.1. The maximum Gasteiger partial charge on any atom is 0.265 e. The third-order valence-electron chi connectivity index (χ3n) is 5.77. The molecule has 8 heteroatoms. The van der Waals surface area contributed by atoms with Crippen LogP contribution in [-0.4, -0.2) is 27.0 Å². The molecule has 1 unspecified atom stereocenters. The van der Waals surface area contributed by atoms with Gasteiger partial charge in [-0.25, -0.2) is 12.8 Å². The predicted molar refractivity (Wildman–Crippen MR) is 119 cm³/mol. The van der Waals surface area contributed by atoms with Crippen molar-refractivity contribution >= 4 is 27.3 Å². The summed E-state index contributed by atoms with van der Waals surface area (Å²) < 4.78 is 46.8. The van der Waals surface area contributed by atoms with Crippen molar-refractivity contribution in [2.24, 2.45) is 0 Å². The number of carbonyl (C=O) groups is 1. The van der Waals surface area contributed by atoms with E-state index in [0.29, 0.717) is 36.5 Å². The molecule has 32 heavy (non-hydrogen) atoms. The predicted octanol–water partition coefficient (Wildman–Crippen LogP) is 3.91. The summed E-state index contributed by atoms with van der Waals surface area (Å²) in [5.74, 6) is -0.0798. The third kappa shape index (κ3) is 3.71. The Labute approximate surface area is 185 Å². The summed E-state index contributed by atoms with van der Waals surface area (Å²) in [5, 5.41) is 2.85. The number of aryl methyl sites for hydroxylation is 1. The van der Waals surface area contributed by atoms with Crippen LogP contribution in [0.25, 0.3) is 0 Å². The minimum Gasteiger partial charge on any atom is -0.480 e. The Morgan fingerprint density at radius 2 is 1.81 bits per heavy atom. The van der Waals surface area contributed by atoms with Gasteiger partial charge in [0.05, 0.1) is 10.6 Å². The van der Waals surface area contributed by atoms with Crippen molar-refractivity contribution < 1.29 is 22.3 Å². The number of nitrogens with zero attached hydrogens (tertiary/aromatic N) is 1. The Kier molecular flexibility index (Phi) is 5.09. The number of para-hydroxylation sites is 1. The van der Waals surface area contributed by atoms with Gasteiger partial charge in [-0.3, -0.25) is 9.10 Å². The Morgan fingerprint density at radius 3 is 2.59 bits per heavy atom. The first-order chi connectivity index (χ1) is 15.4. The molecule has 164 valence electrons. The largest absolute Gasteiger partial charge is 0.480 e. The molecule has 0 bridgehead atoms. The summed E-state index contributed by atoms with van der Waals surface area (Å²) in [6, 6.07) is 17.6. The molecular weight excluding hydrogens is 431 g/mol. The van der Waals surface area contributed by atoms with Crippen molar-refractivity contribution in [3.63, 3.8) is 0 Å². The first kappa shape index (κ1) is 20.5. The Balaban J connectivity index is 1.40. The van der Waals surface area contributed by atoms with Gasteiger partial charge < -0.3 is 10.1 Å². The van der Waals surface area contributed by atoms with E-state index in [-0.39, 0.29) is 10.8 Å². The molecule has 0 aromatic heterocycles. The van der Waals surface area contributed by atoms with Crippen LogP contribution in [0.2, 0.25) is 0 Å². The Hall–Kier alpha value is -3.39. The van der Waals surface area contributed by atoms with Crippen molar-refractivity contribution in [2.45, 2.75) is 30.3 Å². The molecule has 2 aliphatic rings. The number of fused-ring (bicyclic) bond motifs is 2. The normalized spacial score (nSPS) is 17.3. The van der Waals surface area contributed by atoms with Gasteiger partial charge in [0.25, 0.3) is 15.9 Å². The Morgan fingerprint density at radius 1 is 1.03 bits per heavy atom. The molecule has 2 aliphatic heterocycles. The van der Waals surface area contributed by atoms with E-state index < -0.39 is 21.9 Å². The summed E-state index contributed by atoms with van der Waals surface area (Å²) in [5.41, 5.74) is 2.88. The van der Waals surface area contributed by atoms with Crippen molar-refractivity contribution in [1.29, 1.82) is 0 Å². The molecule has 0 fully saturated rings. The maximum absolute atomic E-state index is 13.3. The van der Waals surface area contributed by atoms with E-state index in [1.807, 2.05) is 30.3 Å². The fourth-order valence-corrected chi connectivity index (χ4v) is 5.69. The molecule has 5 rings (SSSR count). The number of amides is 1. The molecule has 6 nitrogen and oxygen atoms in total. The van der Waals surface area contributed by atoms with Crippen LogP contribution in [0.4, 0.5) is 15.8 Å². The lowest BCUT2D eigenvalue weighted by Crippen LogP contribution is -2.36. The first-order valence-electron chi connectivity index (χ1n) is 10.4. The van der Waals surface area contributed by atoms with E-state index in [1.165, 1.54) is 16.4 Å². The lowest BCUT2D eigenvalue weighted by atomic mass is 10.0. The maximum atomic E-state index is 13.3. The molecule has 0 radical (unpaired) electrons.